The topological polar surface area (TPSA) is 61.4 Å². The lowest BCUT2D eigenvalue weighted by Gasteiger charge is -2.10. The van der Waals surface area contributed by atoms with Crippen LogP contribution in [0.1, 0.15) is 6.92 Å². The molecule has 0 fully saturated rings. The van der Waals surface area contributed by atoms with Gasteiger partial charge in [0.25, 0.3) is 0 Å². The van der Waals surface area contributed by atoms with Crippen molar-refractivity contribution in [3.8, 4) is 12.3 Å². The Morgan fingerprint density at radius 1 is 1.75 bits per heavy atom. The molecule has 1 atom stereocenters. The van der Waals surface area contributed by atoms with Gasteiger partial charge in [-0.15, -0.1) is 6.42 Å². The molecule has 0 aliphatic carbocycles. The van der Waals surface area contributed by atoms with Gasteiger partial charge in [0.15, 0.2) is 0 Å². The summed E-state index contributed by atoms with van der Waals surface area (Å²) < 4.78 is 0. The summed E-state index contributed by atoms with van der Waals surface area (Å²) in [6, 6.07) is -0.204. The van der Waals surface area contributed by atoms with Crippen LogP contribution in [0.4, 0.5) is 0 Å². The van der Waals surface area contributed by atoms with E-state index in [9.17, 15) is 4.79 Å². The van der Waals surface area contributed by atoms with Gasteiger partial charge in [0.2, 0.25) is 5.91 Å². The fraction of sp³-hybridized carbons (Fsp3) is 0.625. The summed E-state index contributed by atoms with van der Waals surface area (Å²) in [5.74, 6) is 2.19. The highest BCUT2D eigenvalue weighted by Gasteiger charge is 2.03. The van der Waals surface area contributed by atoms with Gasteiger partial charge in [-0.25, -0.2) is 0 Å². The van der Waals surface area contributed by atoms with Crippen LogP contribution in [0.2, 0.25) is 0 Å². The molecule has 0 saturated carbocycles. The minimum absolute atomic E-state index is 0.0547. The molecule has 1 amide bonds. The van der Waals surface area contributed by atoms with Crippen LogP contribution in [0.25, 0.3) is 0 Å². The Morgan fingerprint density at radius 3 is 2.92 bits per heavy atom. The average Bonchev–Trinajstić information content (AvgIpc) is 2.05. The van der Waals surface area contributed by atoms with E-state index in [1.54, 1.807) is 6.92 Å². The van der Waals surface area contributed by atoms with E-state index in [2.05, 4.69) is 16.6 Å². The number of amides is 1. The maximum atomic E-state index is 10.9. The zero-order valence-corrected chi connectivity index (χ0v) is 7.13. The van der Waals surface area contributed by atoms with Crippen LogP contribution in [-0.4, -0.2) is 36.8 Å². The van der Waals surface area contributed by atoms with Crippen molar-refractivity contribution < 1.29 is 9.90 Å². The van der Waals surface area contributed by atoms with Crippen molar-refractivity contribution in [1.29, 1.82) is 0 Å². The quantitative estimate of drug-likeness (QED) is 0.355. The van der Waals surface area contributed by atoms with Crippen LogP contribution in [0, 0.1) is 12.3 Å². The largest absolute Gasteiger partial charge is 0.394 e. The summed E-state index contributed by atoms with van der Waals surface area (Å²) in [5.41, 5.74) is 0. The van der Waals surface area contributed by atoms with Crippen LogP contribution >= 0.6 is 0 Å². The second-order valence-corrected chi connectivity index (χ2v) is 2.46. The fourth-order valence-electron chi connectivity index (χ4n) is 0.620. The molecule has 0 bridgehead atoms. The molecular weight excluding hydrogens is 156 g/mol. The molecule has 0 aromatic carbocycles. The number of aliphatic hydroxyl groups is 1. The van der Waals surface area contributed by atoms with Gasteiger partial charge in [0.1, 0.15) is 0 Å². The lowest BCUT2D eigenvalue weighted by Crippen LogP contribution is -2.40. The summed E-state index contributed by atoms with van der Waals surface area (Å²) >= 11 is 0. The molecule has 0 unspecified atom stereocenters. The van der Waals surface area contributed by atoms with E-state index in [0.29, 0.717) is 6.54 Å². The molecule has 0 aromatic heterocycles. The lowest BCUT2D eigenvalue weighted by atomic mass is 10.3. The van der Waals surface area contributed by atoms with Crippen LogP contribution in [0.5, 0.6) is 0 Å². The van der Waals surface area contributed by atoms with Gasteiger partial charge in [0, 0.05) is 6.04 Å². The first-order valence-electron chi connectivity index (χ1n) is 3.75. The summed E-state index contributed by atoms with van der Waals surface area (Å²) in [4.78, 5) is 10.9. The maximum Gasteiger partial charge on any atom is 0.234 e. The van der Waals surface area contributed by atoms with Crippen molar-refractivity contribution in [1.82, 2.24) is 10.6 Å². The molecule has 68 valence electrons. The fourth-order valence-corrected chi connectivity index (χ4v) is 0.620. The van der Waals surface area contributed by atoms with Crippen LogP contribution in [0.15, 0.2) is 0 Å². The average molecular weight is 170 g/mol. The first-order chi connectivity index (χ1) is 5.70. The minimum atomic E-state index is -0.204. The number of carbonyl (C=O) groups is 1. The van der Waals surface area contributed by atoms with Crippen molar-refractivity contribution in [2.75, 3.05) is 19.7 Å². The number of rotatable bonds is 5. The van der Waals surface area contributed by atoms with Crippen LogP contribution in [-0.2, 0) is 4.79 Å². The molecule has 0 aromatic rings. The normalized spacial score (nSPS) is 11.8. The summed E-state index contributed by atoms with van der Waals surface area (Å²) in [6.07, 6.45) is 4.96. The molecule has 0 aliphatic heterocycles. The van der Waals surface area contributed by atoms with Crippen molar-refractivity contribution in [3.63, 3.8) is 0 Å². The molecule has 0 rings (SSSR count). The highest BCUT2D eigenvalue weighted by Crippen LogP contribution is 1.76. The van der Waals surface area contributed by atoms with Crippen molar-refractivity contribution in [3.05, 3.63) is 0 Å². The van der Waals surface area contributed by atoms with E-state index in [4.69, 9.17) is 11.5 Å². The Bertz CT molecular complexity index is 174. The van der Waals surface area contributed by atoms with Crippen molar-refractivity contribution in [2.45, 2.75) is 13.0 Å². The van der Waals surface area contributed by atoms with E-state index in [1.807, 2.05) is 0 Å². The van der Waals surface area contributed by atoms with E-state index < -0.39 is 0 Å². The first-order valence-corrected chi connectivity index (χ1v) is 3.75. The first kappa shape index (κ1) is 11.0. The highest BCUT2D eigenvalue weighted by molar-refractivity contribution is 5.78. The molecule has 4 nitrogen and oxygen atoms in total. The molecule has 0 radical (unpaired) electrons. The smallest absolute Gasteiger partial charge is 0.234 e. The number of aliphatic hydroxyl groups excluding tert-OH is 1. The summed E-state index contributed by atoms with van der Waals surface area (Å²) in [5, 5.41) is 13.9. The van der Waals surface area contributed by atoms with Crippen molar-refractivity contribution in [2.24, 2.45) is 0 Å². The zero-order valence-electron chi connectivity index (χ0n) is 7.13. The molecule has 3 N–H and O–H groups in total. The van der Waals surface area contributed by atoms with E-state index >= 15 is 0 Å². The number of hydrogen-bond acceptors (Lipinski definition) is 3. The highest BCUT2D eigenvalue weighted by atomic mass is 16.3. The van der Waals surface area contributed by atoms with E-state index in [1.165, 1.54) is 0 Å². The summed E-state index contributed by atoms with van der Waals surface area (Å²) in [6.45, 7) is 2.23. The predicted molar refractivity (Wildman–Crippen MR) is 46.4 cm³/mol. The lowest BCUT2D eigenvalue weighted by molar-refractivity contribution is -0.121. The number of nitrogens with one attached hydrogen (secondary N) is 2. The third-order valence-electron chi connectivity index (χ3n) is 1.19. The number of carbonyl (C=O) groups excluding carboxylic acids is 1. The third-order valence-corrected chi connectivity index (χ3v) is 1.19. The zero-order chi connectivity index (χ0) is 9.40. The molecule has 12 heavy (non-hydrogen) atoms. The Hall–Kier alpha value is -1.05. The van der Waals surface area contributed by atoms with E-state index in [0.717, 1.165) is 0 Å². The second kappa shape index (κ2) is 6.65. The molecule has 0 spiro atoms. The Balaban J connectivity index is 3.41. The maximum absolute atomic E-state index is 10.9. The molecule has 0 aliphatic rings. The van der Waals surface area contributed by atoms with Gasteiger partial charge < -0.3 is 10.4 Å². The molecular formula is C8H14N2O2. The minimum Gasteiger partial charge on any atom is -0.394 e. The van der Waals surface area contributed by atoms with Crippen LogP contribution in [0.3, 0.4) is 0 Å². The van der Waals surface area contributed by atoms with Gasteiger partial charge in [-0.2, -0.15) is 0 Å². The van der Waals surface area contributed by atoms with E-state index in [-0.39, 0.29) is 25.1 Å². The number of terminal acetylenes is 1. The second-order valence-electron chi connectivity index (χ2n) is 2.46. The van der Waals surface area contributed by atoms with Gasteiger partial charge in [-0.1, -0.05) is 5.92 Å². The van der Waals surface area contributed by atoms with Crippen molar-refractivity contribution >= 4 is 5.91 Å². The predicted octanol–water partition coefficient (Wildman–Crippen LogP) is -1.29. The molecule has 4 heteroatoms. The molecule has 0 saturated heterocycles. The monoisotopic (exact) mass is 170 g/mol. The van der Waals surface area contributed by atoms with Gasteiger partial charge >= 0.3 is 0 Å². The SMILES string of the molecule is C#CCNCC(=O)N[C@H](C)CO. The Kier molecular flexibility index (Phi) is 6.07. The van der Waals surface area contributed by atoms with Gasteiger partial charge in [-0.05, 0) is 6.92 Å². The number of hydrogen-bond donors (Lipinski definition) is 3. The van der Waals surface area contributed by atoms with Gasteiger partial charge in [-0.3, -0.25) is 10.1 Å². The molecule has 0 heterocycles. The third kappa shape index (κ3) is 5.71. The Morgan fingerprint density at radius 2 is 2.42 bits per heavy atom. The Labute approximate surface area is 72.3 Å². The summed E-state index contributed by atoms with van der Waals surface area (Å²) in [7, 11) is 0. The standard InChI is InChI=1S/C8H14N2O2/c1-3-4-9-5-8(12)10-7(2)6-11/h1,7,9,11H,4-6H2,2H3,(H,10,12)/t7-/m1/s1. The van der Waals surface area contributed by atoms with Gasteiger partial charge in [0.05, 0.1) is 19.7 Å². The van der Waals surface area contributed by atoms with Crippen LogP contribution < -0.4 is 10.6 Å².